The maximum absolute atomic E-state index is 17.1. The molecule has 9 heterocycles. The number of carbonyl (C=O) groups is 2. The zero-order valence-electron chi connectivity index (χ0n) is 45.6. The summed E-state index contributed by atoms with van der Waals surface area (Å²) in [6, 6.07) is 15.5. The number of thiazole rings is 1. The Morgan fingerprint density at radius 2 is 1.71 bits per heavy atom. The van der Waals surface area contributed by atoms with Crippen molar-refractivity contribution in [1.29, 1.82) is 0 Å². The van der Waals surface area contributed by atoms with Crippen LogP contribution in [0.4, 0.5) is 20.4 Å². The van der Waals surface area contributed by atoms with Crippen LogP contribution in [0.5, 0.6) is 11.8 Å². The molecule has 12 rings (SSSR count). The number of piperidine rings is 1. The Morgan fingerprint density at radius 1 is 0.938 bits per heavy atom. The van der Waals surface area contributed by atoms with E-state index in [9.17, 15) is 14.7 Å². The summed E-state index contributed by atoms with van der Waals surface area (Å²) in [7, 11) is 0. The van der Waals surface area contributed by atoms with Crippen LogP contribution in [-0.4, -0.2) is 129 Å². The number of amides is 2. The molecule has 5 fully saturated rings. The van der Waals surface area contributed by atoms with E-state index in [0.717, 1.165) is 92.2 Å². The number of ether oxygens (including phenoxy) is 1. The van der Waals surface area contributed by atoms with Crippen molar-refractivity contribution in [3.8, 4) is 45.8 Å². The van der Waals surface area contributed by atoms with Crippen molar-refractivity contribution < 1.29 is 32.7 Å². The number of pyridine rings is 1. The van der Waals surface area contributed by atoms with Crippen LogP contribution in [-0.2, 0) is 9.59 Å². The van der Waals surface area contributed by atoms with Crippen LogP contribution in [0.15, 0.2) is 70.8 Å². The normalized spacial score (nSPS) is 20.6. The van der Waals surface area contributed by atoms with Crippen molar-refractivity contribution in [3.63, 3.8) is 0 Å². The maximum Gasteiger partial charge on any atom is 0.319 e. The molecular formula is C61H67F2N11O5S. The van der Waals surface area contributed by atoms with E-state index in [2.05, 4.69) is 63.5 Å². The van der Waals surface area contributed by atoms with E-state index in [1.54, 1.807) is 22.4 Å². The third-order valence-electron chi connectivity index (χ3n) is 17.3. The van der Waals surface area contributed by atoms with Gasteiger partial charge in [-0.2, -0.15) is 9.97 Å². The predicted octanol–water partition coefficient (Wildman–Crippen LogP) is 9.40. The summed E-state index contributed by atoms with van der Waals surface area (Å²) in [4.78, 5) is 56.3. The lowest BCUT2D eigenvalue weighted by atomic mass is 9.83. The van der Waals surface area contributed by atoms with Crippen molar-refractivity contribution in [2.24, 2.45) is 17.8 Å². The lowest BCUT2D eigenvalue weighted by molar-refractivity contribution is -0.141. The van der Waals surface area contributed by atoms with Crippen LogP contribution >= 0.6 is 11.3 Å². The minimum atomic E-state index is -0.746. The third kappa shape index (κ3) is 10.5. The van der Waals surface area contributed by atoms with Gasteiger partial charge in [-0.05, 0) is 124 Å². The Balaban J connectivity index is 0.640. The van der Waals surface area contributed by atoms with Gasteiger partial charge in [0.25, 0.3) is 0 Å². The largest absolute Gasteiger partial charge is 0.508 e. The molecule has 2 unspecified atom stereocenters. The summed E-state index contributed by atoms with van der Waals surface area (Å²) in [6.07, 6.45) is 14.0. The van der Waals surface area contributed by atoms with Crippen LogP contribution < -0.4 is 25.2 Å². The molecule has 4 aromatic heterocycles. The minimum absolute atomic E-state index is 0.0196. The molecule has 16 nitrogen and oxygen atoms in total. The quantitative estimate of drug-likeness (QED) is 0.0780. The van der Waals surface area contributed by atoms with E-state index in [0.29, 0.717) is 73.4 Å². The second-order valence-electron chi connectivity index (χ2n) is 23.0. The number of carbonyl (C=O) groups excluding carboxylic acids is 2. The summed E-state index contributed by atoms with van der Waals surface area (Å²) >= 11 is 1.61. The molecule has 416 valence electrons. The van der Waals surface area contributed by atoms with E-state index in [4.69, 9.17) is 20.7 Å². The standard InChI is InChI=1S/C61H67F2N11O5S/c1-6-45-48(62)16-13-41-25-44(75)26-46(53(41)45)55-54(63)56-47(28-64-55)58(73-31-42-14-15-43(32-73)67-42)69-61(68-56)78-23-22-71-20-17-37(18-21-71)24-38-29-72(30-38)51-27-50(79-70-51)52(34(2)3)60(77)74-19-7-8-49(74)59(76)66-35(4)39-9-11-40(12-10-39)57-36(5)65-33-80-57/h1,9-13,16,25-28,33-35,37-38,42-43,49,52,67,75H,7-8,14-15,17-24,29-32H2,2-5H3,(H,66,76)/t35-,42?,43?,49-,52-/m0/s1. The molecule has 5 saturated heterocycles. The van der Waals surface area contributed by atoms with Gasteiger partial charge in [0.1, 0.15) is 47.2 Å². The number of piperazine rings is 1. The highest BCUT2D eigenvalue weighted by atomic mass is 32.1. The Morgan fingerprint density at radius 3 is 2.44 bits per heavy atom. The van der Waals surface area contributed by atoms with Gasteiger partial charge < -0.3 is 39.7 Å². The lowest BCUT2D eigenvalue weighted by Gasteiger charge is -2.42. The number of benzene rings is 3. The van der Waals surface area contributed by atoms with Gasteiger partial charge in [0.15, 0.2) is 17.4 Å². The van der Waals surface area contributed by atoms with Gasteiger partial charge in [0.2, 0.25) is 11.8 Å². The van der Waals surface area contributed by atoms with Gasteiger partial charge in [-0.1, -0.05) is 55.3 Å². The summed E-state index contributed by atoms with van der Waals surface area (Å²) < 4.78 is 44.4. The number of fused-ring (bicyclic) bond motifs is 4. The van der Waals surface area contributed by atoms with E-state index in [-0.39, 0.29) is 75.3 Å². The third-order valence-corrected chi connectivity index (χ3v) is 18.3. The number of halogens is 2. The number of terminal acetylenes is 1. The molecule has 5 aliphatic heterocycles. The van der Waals surface area contributed by atoms with Crippen molar-refractivity contribution in [2.75, 3.05) is 68.8 Å². The fourth-order valence-electron chi connectivity index (χ4n) is 13.0. The topological polar surface area (TPSA) is 178 Å². The molecule has 5 atom stereocenters. The summed E-state index contributed by atoms with van der Waals surface area (Å²) in [5.74, 6) is 2.95. The zero-order chi connectivity index (χ0) is 55.3. The average molecular weight is 1100 g/mol. The average Bonchev–Trinajstić information content (AvgIpc) is 4.35. The van der Waals surface area contributed by atoms with Crippen molar-refractivity contribution >= 4 is 56.5 Å². The number of aromatic hydroxyl groups is 1. The molecule has 0 spiro atoms. The van der Waals surface area contributed by atoms with Crippen molar-refractivity contribution in [3.05, 3.63) is 101 Å². The zero-order valence-corrected chi connectivity index (χ0v) is 46.4. The fraction of sp³-hybridized carbons (Fsp3) is 0.459. The highest BCUT2D eigenvalue weighted by molar-refractivity contribution is 7.13. The molecule has 3 aromatic carbocycles. The first-order valence-corrected chi connectivity index (χ1v) is 29.1. The van der Waals surface area contributed by atoms with Gasteiger partial charge in [-0.3, -0.25) is 19.5 Å². The maximum atomic E-state index is 17.1. The number of hydrogen-bond donors (Lipinski definition) is 3. The molecule has 80 heavy (non-hydrogen) atoms. The van der Waals surface area contributed by atoms with Crippen LogP contribution in [0.2, 0.25) is 0 Å². The minimum Gasteiger partial charge on any atom is -0.508 e. The Labute approximate surface area is 468 Å². The molecule has 2 amide bonds. The number of anilines is 2. The molecule has 19 heteroatoms. The number of nitrogens with zero attached hydrogens (tertiary/aromatic N) is 9. The predicted molar refractivity (Wildman–Crippen MR) is 305 cm³/mol. The molecular weight excluding hydrogens is 1040 g/mol. The summed E-state index contributed by atoms with van der Waals surface area (Å²) in [5, 5.41) is 23.2. The van der Waals surface area contributed by atoms with Gasteiger partial charge in [0.05, 0.1) is 33.1 Å². The fourth-order valence-corrected chi connectivity index (χ4v) is 13.8. The Bertz CT molecular complexity index is 3490. The van der Waals surface area contributed by atoms with Gasteiger partial charge in [0, 0.05) is 74.6 Å². The van der Waals surface area contributed by atoms with Gasteiger partial charge in [-0.25, -0.2) is 13.8 Å². The van der Waals surface area contributed by atoms with Crippen LogP contribution in [0.3, 0.4) is 0 Å². The highest BCUT2D eigenvalue weighted by Gasteiger charge is 2.42. The monoisotopic (exact) mass is 1100 g/mol. The van der Waals surface area contributed by atoms with Crippen LogP contribution in [0, 0.1) is 48.7 Å². The molecule has 0 aliphatic carbocycles. The first-order chi connectivity index (χ1) is 38.8. The van der Waals surface area contributed by atoms with E-state index < -0.39 is 23.6 Å². The second kappa shape index (κ2) is 22.3. The number of aryl methyl sites for hydroxylation is 1. The smallest absolute Gasteiger partial charge is 0.319 e. The number of aromatic nitrogens is 5. The Kier molecular flexibility index (Phi) is 14.9. The van der Waals surface area contributed by atoms with E-state index in [1.807, 2.05) is 51.4 Å². The molecule has 7 aromatic rings. The summed E-state index contributed by atoms with van der Waals surface area (Å²) in [5.41, 5.74) is 4.95. The van der Waals surface area contributed by atoms with Crippen LogP contribution in [0.25, 0.3) is 43.4 Å². The second-order valence-corrected chi connectivity index (χ2v) is 23.8. The lowest BCUT2D eigenvalue weighted by Crippen LogP contribution is -2.51. The van der Waals surface area contributed by atoms with Gasteiger partial charge in [-0.15, -0.1) is 17.8 Å². The van der Waals surface area contributed by atoms with Crippen LogP contribution in [0.1, 0.15) is 100 Å². The van der Waals surface area contributed by atoms with Crippen molar-refractivity contribution in [1.82, 2.24) is 45.5 Å². The molecule has 3 N–H and O–H groups in total. The molecule has 0 radical (unpaired) electrons. The van der Waals surface area contributed by atoms with E-state index >= 15 is 8.78 Å². The van der Waals surface area contributed by atoms with E-state index in [1.165, 1.54) is 24.3 Å². The molecule has 2 bridgehead atoms. The number of phenols is 1. The first-order valence-electron chi connectivity index (χ1n) is 28.2. The van der Waals surface area contributed by atoms with Crippen molar-refractivity contribution in [2.45, 2.75) is 103 Å². The highest BCUT2D eigenvalue weighted by Crippen LogP contribution is 2.41. The molecule has 0 saturated carbocycles. The number of phenolic OH excluding ortho intramolecular Hbond substituents is 1. The molecule has 5 aliphatic rings. The number of hydrogen-bond acceptors (Lipinski definition) is 15. The Hall–Kier alpha value is -7.27. The summed E-state index contributed by atoms with van der Waals surface area (Å²) in [6.45, 7) is 14.5. The van der Waals surface area contributed by atoms with Gasteiger partial charge >= 0.3 is 6.01 Å². The first kappa shape index (κ1) is 53.4. The number of likely N-dealkylation sites (tertiary alicyclic amines) is 2. The number of rotatable bonds is 16. The SMILES string of the molecule is C#Cc1c(F)ccc2cc(O)cc(-c3ncc4c(N5CC6CCC(C5)N6)nc(OCCN5CCC(CC6CN(c7cc([C@@H](C(=O)N8CCC[C@H]8C(=O)N[C@@H](C)c8ccc(-c9scnc9C)cc8)C(C)C)on7)C6)CC5)nc4c3F)c12. The number of nitrogens with one attached hydrogen (secondary N) is 2.